The molecule has 0 radical (unpaired) electrons. The van der Waals surface area contributed by atoms with E-state index in [1.165, 1.54) is 0 Å². The van der Waals surface area contributed by atoms with Crippen LogP contribution in [0.2, 0.25) is 0 Å². The van der Waals surface area contributed by atoms with Crippen LogP contribution in [0.15, 0.2) is 29.2 Å². The van der Waals surface area contributed by atoms with Crippen molar-refractivity contribution in [3.8, 4) is 0 Å². The first-order valence-corrected chi connectivity index (χ1v) is 8.53. The maximum absolute atomic E-state index is 12.1. The summed E-state index contributed by atoms with van der Waals surface area (Å²) in [7, 11) is -3.46. The van der Waals surface area contributed by atoms with E-state index in [2.05, 4.69) is 34.2 Å². The van der Waals surface area contributed by atoms with E-state index < -0.39 is 10.0 Å². The summed E-state index contributed by atoms with van der Waals surface area (Å²) >= 11 is 2.09. The van der Waals surface area contributed by atoms with Crippen molar-refractivity contribution in [1.29, 1.82) is 0 Å². The number of benzene rings is 1. The topological polar surface area (TPSA) is 72.2 Å². The molecule has 1 atom stereocenters. The van der Waals surface area contributed by atoms with E-state index in [-0.39, 0.29) is 18.4 Å². The Morgan fingerprint density at radius 3 is 2.63 bits per heavy atom. The number of hydrogen-bond donors (Lipinski definition) is 2. The maximum Gasteiger partial charge on any atom is 0.240 e. The van der Waals surface area contributed by atoms with Crippen molar-refractivity contribution in [3.63, 3.8) is 0 Å². The molecule has 3 N–H and O–H groups in total. The van der Waals surface area contributed by atoms with Crippen LogP contribution in [0.1, 0.15) is 26.2 Å². The molecule has 0 amide bonds. The van der Waals surface area contributed by atoms with E-state index in [1.807, 2.05) is 6.07 Å². The number of halogens is 2. The first-order chi connectivity index (χ1) is 8.49. The summed E-state index contributed by atoms with van der Waals surface area (Å²) in [5.41, 5.74) is 5.60. The first kappa shape index (κ1) is 19.1. The van der Waals surface area contributed by atoms with Gasteiger partial charge in [0.15, 0.2) is 0 Å². The summed E-state index contributed by atoms with van der Waals surface area (Å²) in [6.45, 7) is 2.39. The number of rotatable bonds is 7. The fraction of sp³-hybridized carbons (Fsp3) is 0.500. The molecule has 0 fully saturated rings. The van der Waals surface area contributed by atoms with Gasteiger partial charge in [-0.25, -0.2) is 13.1 Å². The second kappa shape index (κ2) is 9.12. The van der Waals surface area contributed by atoms with Gasteiger partial charge in [-0.1, -0.05) is 25.8 Å². The molecule has 0 aromatic heterocycles. The second-order valence-corrected chi connectivity index (χ2v) is 7.11. The standard InChI is InChI=1S/C12H19IN2O2S.ClH/c1-2-3-6-11(9-14)15-18(16,17)12-7-4-5-10(13)8-12;/h4-5,7-8,11,15H,2-3,6,9,14H2,1H3;1H. The lowest BCUT2D eigenvalue weighted by Crippen LogP contribution is -2.40. The monoisotopic (exact) mass is 418 g/mol. The first-order valence-electron chi connectivity index (χ1n) is 5.97. The average molecular weight is 419 g/mol. The van der Waals surface area contributed by atoms with E-state index >= 15 is 0 Å². The summed E-state index contributed by atoms with van der Waals surface area (Å²) in [5, 5.41) is 0. The van der Waals surface area contributed by atoms with Gasteiger partial charge in [0.1, 0.15) is 0 Å². The predicted octanol–water partition coefficient (Wildman–Crippen LogP) is 2.51. The minimum absolute atomic E-state index is 0. The number of nitrogens with two attached hydrogens (primary N) is 1. The molecule has 0 aliphatic heterocycles. The zero-order valence-electron chi connectivity index (χ0n) is 10.8. The predicted molar refractivity (Wildman–Crippen MR) is 89.1 cm³/mol. The lowest BCUT2D eigenvalue weighted by Gasteiger charge is -2.16. The van der Waals surface area contributed by atoms with Crippen LogP contribution >= 0.6 is 35.0 Å². The Kier molecular flexibility index (Phi) is 9.17. The molecule has 0 saturated carbocycles. The Labute approximate surface area is 135 Å². The lowest BCUT2D eigenvalue weighted by atomic mass is 10.1. The number of sulfonamides is 1. The highest BCUT2D eigenvalue weighted by Crippen LogP contribution is 2.14. The highest BCUT2D eigenvalue weighted by atomic mass is 127. The van der Waals surface area contributed by atoms with Crippen LogP contribution < -0.4 is 10.5 Å². The average Bonchev–Trinajstić information content (AvgIpc) is 2.34. The Morgan fingerprint density at radius 2 is 2.11 bits per heavy atom. The summed E-state index contributed by atoms with van der Waals surface area (Å²) in [6.07, 6.45) is 2.77. The normalized spacial score (nSPS) is 12.8. The van der Waals surface area contributed by atoms with Gasteiger partial charge < -0.3 is 5.73 Å². The van der Waals surface area contributed by atoms with Crippen molar-refractivity contribution >= 4 is 45.0 Å². The van der Waals surface area contributed by atoms with Crippen molar-refractivity contribution in [2.45, 2.75) is 37.1 Å². The zero-order valence-corrected chi connectivity index (χ0v) is 14.6. The van der Waals surface area contributed by atoms with Crippen molar-refractivity contribution < 1.29 is 8.42 Å². The molecule has 19 heavy (non-hydrogen) atoms. The maximum atomic E-state index is 12.1. The van der Waals surface area contributed by atoms with E-state index in [9.17, 15) is 8.42 Å². The van der Waals surface area contributed by atoms with Crippen molar-refractivity contribution in [2.75, 3.05) is 6.54 Å². The molecule has 1 aromatic rings. The van der Waals surface area contributed by atoms with Gasteiger partial charge in [-0.3, -0.25) is 0 Å². The minimum atomic E-state index is -3.46. The van der Waals surface area contributed by atoms with Crippen LogP contribution in [-0.2, 0) is 10.0 Å². The molecule has 0 aliphatic rings. The molecular formula is C12H20ClIN2O2S. The van der Waals surface area contributed by atoms with Gasteiger partial charge in [0.2, 0.25) is 10.0 Å². The molecule has 1 unspecified atom stereocenters. The van der Waals surface area contributed by atoms with Crippen LogP contribution in [0.5, 0.6) is 0 Å². The number of unbranched alkanes of at least 4 members (excludes halogenated alkanes) is 1. The SMILES string of the molecule is CCCCC(CN)NS(=O)(=O)c1cccc(I)c1.Cl. The number of hydrogen-bond acceptors (Lipinski definition) is 3. The van der Waals surface area contributed by atoms with Crippen molar-refractivity contribution in [3.05, 3.63) is 27.8 Å². The Morgan fingerprint density at radius 1 is 1.42 bits per heavy atom. The summed E-state index contributed by atoms with van der Waals surface area (Å²) in [6, 6.07) is 6.65. The van der Waals surface area contributed by atoms with Crippen molar-refractivity contribution in [1.82, 2.24) is 4.72 Å². The van der Waals surface area contributed by atoms with E-state index in [0.29, 0.717) is 11.4 Å². The van der Waals surface area contributed by atoms with Gasteiger partial charge in [-0.15, -0.1) is 12.4 Å². The van der Waals surface area contributed by atoms with Gasteiger partial charge in [0.25, 0.3) is 0 Å². The van der Waals surface area contributed by atoms with Gasteiger partial charge in [-0.2, -0.15) is 0 Å². The molecule has 0 spiro atoms. The van der Waals surface area contributed by atoms with Crippen molar-refractivity contribution in [2.24, 2.45) is 5.73 Å². The highest BCUT2D eigenvalue weighted by Gasteiger charge is 2.18. The third-order valence-corrected chi connectivity index (χ3v) is 4.81. The third kappa shape index (κ3) is 6.40. The lowest BCUT2D eigenvalue weighted by molar-refractivity contribution is 0.516. The largest absolute Gasteiger partial charge is 0.329 e. The second-order valence-electron chi connectivity index (χ2n) is 4.15. The third-order valence-electron chi connectivity index (χ3n) is 2.62. The molecule has 110 valence electrons. The smallest absolute Gasteiger partial charge is 0.240 e. The minimum Gasteiger partial charge on any atom is -0.329 e. The quantitative estimate of drug-likeness (QED) is 0.668. The molecule has 0 saturated heterocycles. The molecule has 1 aromatic carbocycles. The molecule has 0 heterocycles. The molecule has 4 nitrogen and oxygen atoms in total. The Bertz CT molecular complexity index is 482. The van der Waals surface area contributed by atoms with E-state index in [4.69, 9.17) is 5.73 Å². The van der Waals surface area contributed by atoms with Gasteiger partial charge in [0.05, 0.1) is 4.90 Å². The zero-order chi connectivity index (χ0) is 13.6. The van der Waals surface area contributed by atoms with Crippen LogP contribution in [0.4, 0.5) is 0 Å². The van der Waals surface area contributed by atoms with Crippen LogP contribution in [0, 0.1) is 3.57 Å². The summed E-state index contributed by atoms with van der Waals surface area (Å²) in [4.78, 5) is 0.296. The molecule has 7 heteroatoms. The molecular weight excluding hydrogens is 399 g/mol. The highest BCUT2D eigenvalue weighted by molar-refractivity contribution is 14.1. The van der Waals surface area contributed by atoms with Gasteiger partial charge in [0, 0.05) is 16.2 Å². The molecule has 1 rings (SSSR count). The van der Waals surface area contributed by atoms with Crippen LogP contribution in [0.25, 0.3) is 0 Å². The Hall–Kier alpha value is 0.110. The van der Waals surface area contributed by atoms with Crippen LogP contribution in [0.3, 0.4) is 0 Å². The van der Waals surface area contributed by atoms with E-state index in [0.717, 1.165) is 22.8 Å². The molecule has 0 aliphatic carbocycles. The summed E-state index contributed by atoms with van der Waals surface area (Å²) in [5.74, 6) is 0. The fourth-order valence-corrected chi connectivity index (χ4v) is 3.68. The van der Waals surface area contributed by atoms with Crippen LogP contribution in [-0.4, -0.2) is 21.0 Å². The number of nitrogens with one attached hydrogen (secondary N) is 1. The van der Waals surface area contributed by atoms with Gasteiger partial charge >= 0.3 is 0 Å². The van der Waals surface area contributed by atoms with E-state index in [1.54, 1.807) is 18.2 Å². The fourth-order valence-electron chi connectivity index (χ4n) is 1.60. The summed E-state index contributed by atoms with van der Waals surface area (Å²) < 4.78 is 27.9. The Balaban J connectivity index is 0.00000324. The molecule has 0 bridgehead atoms. The van der Waals surface area contributed by atoms with Gasteiger partial charge in [-0.05, 0) is 47.2 Å².